The summed E-state index contributed by atoms with van der Waals surface area (Å²) in [6, 6.07) is 0. The maximum Gasteiger partial charge on any atom is 0.151 e. The molecule has 0 rings (SSSR count). The van der Waals surface area contributed by atoms with Crippen molar-refractivity contribution in [1.29, 1.82) is 0 Å². The summed E-state index contributed by atoms with van der Waals surface area (Å²) in [6.07, 6.45) is 3.39. The summed E-state index contributed by atoms with van der Waals surface area (Å²) in [5.41, 5.74) is -0.0178. The Hall–Kier alpha value is -0.630. The van der Waals surface area contributed by atoms with Gasteiger partial charge in [0.05, 0.1) is 0 Å². The summed E-state index contributed by atoms with van der Waals surface area (Å²) in [5, 5.41) is 9.46. The van der Waals surface area contributed by atoms with E-state index in [9.17, 15) is 9.90 Å². The summed E-state index contributed by atoms with van der Waals surface area (Å²) in [7, 11) is 0. The van der Waals surface area contributed by atoms with E-state index in [4.69, 9.17) is 0 Å². The van der Waals surface area contributed by atoms with Crippen LogP contribution in [0.3, 0.4) is 0 Å². The van der Waals surface area contributed by atoms with Crippen LogP contribution in [-0.2, 0) is 4.79 Å². The van der Waals surface area contributed by atoms with Crippen LogP contribution in [0.25, 0.3) is 0 Å². The van der Waals surface area contributed by atoms with Crippen LogP contribution in [-0.4, -0.2) is 17.0 Å². The Labute approximate surface area is 67.9 Å². The molecule has 0 aliphatic carbocycles. The van der Waals surface area contributed by atoms with Gasteiger partial charge in [-0.2, -0.15) is 0 Å². The quantitative estimate of drug-likeness (QED) is 0.496. The molecule has 1 unspecified atom stereocenters. The molecule has 2 nitrogen and oxygen atoms in total. The molecule has 0 aromatic heterocycles. The normalized spacial score (nSPS) is 15.3. The molecule has 0 aromatic rings. The van der Waals surface area contributed by atoms with Gasteiger partial charge in [0.25, 0.3) is 0 Å². The lowest BCUT2D eigenvalue weighted by Gasteiger charge is -2.16. The van der Waals surface area contributed by atoms with Crippen LogP contribution in [0, 0.1) is 0 Å². The lowest BCUT2D eigenvalue weighted by atomic mass is 9.97. The van der Waals surface area contributed by atoms with E-state index >= 15 is 0 Å². The van der Waals surface area contributed by atoms with E-state index in [0.29, 0.717) is 19.1 Å². The summed E-state index contributed by atoms with van der Waals surface area (Å²) in [6.45, 7) is 5.69. The lowest BCUT2D eigenvalue weighted by molar-refractivity contribution is -0.124. The molecule has 11 heavy (non-hydrogen) atoms. The number of carbonyl (C=O) groups is 1. The van der Waals surface area contributed by atoms with Gasteiger partial charge in [0.1, 0.15) is 5.60 Å². The zero-order chi connectivity index (χ0) is 8.91. The molecule has 0 bridgehead atoms. The van der Waals surface area contributed by atoms with Crippen LogP contribution in [0.1, 0.15) is 33.6 Å². The average Bonchev–Trinajstić information content (AvgIpc) is 2.00. The minimum atomic E-state index is -1.14. The maximum atomic E-state index is 10.4. The fourth-order valence-electron chi connectivity index (χ4n) is 0.657. The third-order valence-corrected chi connectivity index (χ3v) is 1.70. The molecular weight excluding hydrogens is 140 g/mol. The number of rotatable bonds is 4. The van der Waals surface area contributed by atoms with Gasteiger partial charge in [0.2, 0.25) is 0 Å². The van der Waals surface area contributed by atoms with Gasteiger partial charge in [-0.1, -0.05) is 18.6 Å². The van der Waals surface area contributed by atoms with Gasteiger partial charge in [-0.25, -0.2) is 0 Å². The Morgan fingerprint density at radius 2 is 2.09 bits per heavy atom. The molecule has 2 heteroatoms. The number of aliphatic hydroxyl groups is 1. The topological polar surface area (TPSA) is 37.3 Å². The van der Waals surface area contributed by atoms with Gasteiger partial charge in [-0.05, 0) is 20.3 Å². The van der Waals surface area contributed by atoms with E-state index in [-0.39, 0.29) is 0 Å². The first-order valence-corrected chi connectivity index (χ1v) is 3.86. The predicted molar refractivity (Wildman–Crippen MR) is 45.4 cm³/mol. The van der Waals surface area contributed by atoms with Crippen molar-refractivity contribution in [1.82, 2.24) is 0 Å². The van der Waals surface area contributed by atoms with E-state index in [0.717, 1.165) is 5.57 Å². The van der Waals surface area contributed by atoms with E-state index < -0.39 is 5.60 Å². The monoisotopic (exact) mass is 156 g/mol. The molecule has 0 fully saturated rings. The molecule has 1 N–H and O–H groups in total. The number of aldehydes is 1. The predicted octanol–water partition coefficient (Wildman–Crippen LogP) is 1.68. The molecule has 64 valence electrons. The van der Waals surface area contributed by atoms with Crippen molar-refractivity contribution in [2.24, 2.45) is 0 Å². The Bertz CT molecular complexity index is 157. The van der Waals surface area contributed by atoms with Crippen LogP contribution in [0.15, 0.2) is 11.6 Å². The highest BCUT2D eigenvalue weighted by molar-refractivity contribution is 5.62. The van der Waals surface area contributed by atoms with E-state index in [1.54, 1.807) is 6.92 Å². The summed E-state index contributed by atoms with van der Waals surface area (Å²) in [5.74, 6) is 0. The number of hydrogen-bond donors (Lipinski definition) is 1. The molecular formula is C9H16O2. The molecule has 1 atom stereocenters. The first-order valence-electron chi connectivity index (χ1n) is 3.86. The second-order valence-electron chi connectivity index (χ2n) is 3.06. The first kappa shape index (κ1) is 10.4. The van der Waals surface area contributed by atoms with Gasteiger partial charge in [0.15, 0.2) is 6.29 Å². The lowest BCUT2D eigenvalue weighted by Crippen LogP contribution is -2.28. The zero-order valence-corrected chi connectivity index (χ0v) is 7.42. The summed E-state index contributed by atoms with van der Waals surface area (Å²) >= 11 is 0. The minimum absolute atomic E-state index is 0.426. The third-order valence-electron chi connectivity index (χ3n) is 1.70. The Morgan fingerprint density at radius 3 is 2.36 bits per heavy atom. The molecule has 0 saturated heterocycles. The van der Waals surface area contributed by atoms with Crippen LogP contribution in [0.2, 0.25) is 0 Å². The standard InChI is InChI=1S/C9H16O2/c1-4-9(11,7-10)6-5-8(2)3/h5,7,11H,4,6H2,1-3H3. The van der Waals surface area contributed by atoms with Crippen molar-refractivity contribution in [2.75, 3.05) is 0 Å². The third kappa shape index (κ3) is 3.94. The van der Waals surface area contributed by atoms with Gasteiger partial charge in [-0.3, -0.25) is 0 Å². The smallest absolute Gasteiger partial charge is 0.151 e. The SMILES string of the molecule is CCC(O)(C=O)CC=C(C)C. The maximum absolute atomic E-state index is 10.4. The molecule has 0 aromatic carbocycles. The van der Waals surface area contributed by atoms with E-state index in [1.165, 1.54) is 0 Å². The minimum Gasteiger partial charge on any atom is -0.382 e. The average molecular weight is 156 g/mol. The number of hydrogen-bond acceptors (Lipinski definition) is 2. The molecule has 0 saturated carbocycles. The second-order valence-corrected chi connectivity index (χ2v) is 3.06. The molecule has 0 heterocycles. The van der Waals surface area contributed by atoms with Gasteiger partial charge < -0.3 is 9.90 Å². The van der Waals surface area contributed by atoms with E-state index in [2.05, 4.69) is 0 Å². The van der Waals surface area contributed by atoms with Crippen molar-refractivity contribution in [3.63, 3.8) is 0 Å². The van der Waals surface area contributed by atoms with Crippen LogP contribution < -0.4 is 0 Å². The largest absolute Gasteiger partial charge is 0.382 e. The van der Waals surface area contributed by atoms with Crippen molar-refractivity contribution in [2.45, 2.75) is 39.2 Å². The Kier molecular flexibility index (Phi) is 4.04. The van der Waals surface area contributed by atoms with Crippen molar-refractivity contribution in [3.8, 4) is 0 Å². The molecule has 0 radical (unpaired) electrons. The van der Waals surface area contributed by atoms with Gasteiger partial charge in [-0.15, -0.1) is 0 Å². The number of carbonyl (C=O) groups excluding carboxylic acids is 1. The van der Waals surface area contributed by atoms with Crippen molar-refractivity contribution < 1.29 is 9.90 Å². The number of allylic oxidation sites excluding steroid dienone is 1. The highest BCUT2D eigenvalue weighted by Gasteiger charge is 2.21. The van der Waals surface area contributed by atoms with Crippen molar-refractivity contribution >= 4 is 6.29 Å². The zero-order valence-electron chi connectivity index (χ0n) is 7.42. The molecule has 0 aliphatic rings. The Morgan fingerprint density at radius 1 is 1.55 bits per heavy atom. The van der Waals surface area contributed by atoms with Crippen LogP contribution >= 0.6 is 0 Å². The molecule has 0 aliphatic heterocycles. The van der Waals surface area contributed by atoms with Crippen molar-refractivity contribution in [3.05, 3.63) is 11.6 Å². The van der Waals surface area contributed by atoms with Crippen LogP contribution in [0.5, 0.6) is 0 Å². The fraction of sp³-hybridized carbons (Fsp3) is 0.667. The summed E-state index contributed by atoms with van der Waals surface area (Å²) < 4.78 is 0. The molecule has 0 spiro atoms. The highest BCUT2D eigenvalue weighted by Crippen LogP contribution is 2.13. The van der Waals surface area contributed by atoms with Crippen LogP contribution in [0.4, 0.5) is 0 Å². The highest BCUT2D eigenvalue weighted by atomic mass is 16.3. The van der Waals surface area contributed by atoms with E-state index in [1.807, 2.05) is 19.9 Å². The molecule has 0 amide bonds. The first-order chi connectivity index (χ1) is 5.04. The Balaban J connectivity index is 4.09. The second kappa shape index (κ2) is 4.29. The summed E-state index contributed by atoms with van der Waals surface area (Å²) in [4.78, 5) is 10.4. The van der Waals surface area contributed by atoms with Gasteiger partial charge in [0, 0.05) is 6.42 Å². The van der Waals surface area contributed by atoms with Gasteiger partial charge >= 0.3 is 0 Å². The fourth-order valence-corrected chi connectivity index (χ4v) is 0.657.